The fourth-order valence-electron chi connectivity index (χ4n) is 5.20. The van der Waals surface area contributed by atoms with Gasteiger partial charge in [-0.1, -0.05) is 109 Å². The molecule has 6 aromatic rings. The van der Waals surface area contributed by atoms with Crippen molar-refractivity contribution in [1.82, 2.24) is 15.0 Å². The summed E-state index contributed by atoms with van der Waals surface area (Å²) in [5, 5.41) is 33.4. The monoisotopic (exact) mass is 583 g/mol. The number of alkyl halides is 1. The van der Waals surface area contributed by atoms with Gasteiger partial charge in [-0.2, -0.15) is 0 Å². The molecular weight excluding hydrogens is 553 g/mol. The van der Waals surface area contributed by atoms with Gasteiger partial charge in [-0.25, -0.2) is 4.39 Å². The molecule has 0 saturated carbocycles. The minimum Gasteiger partial charge on any atom is -0.382 e. The van der Waals surface area contributed by atoms with Gasteiger partial charge >= 0.3 is 0 Å². The first-order chi connectivity index (χ1) is 21.4. The Hall–Kier alpha value is -5.08. The van der Waals surface area contributed by atoms with E-state index in [1.807, 2.05) is 54.6 Å². The van der Waals surface area contributed by atoms with Gasteiger partial charge in [0.1, 0.15) is 18.3 Å². The zero-order valence-corrected chi connectivity index (χ0v) is 23.6. The Labute approximate surface area is 254 Å². The summed E-state index contributed by atoms with van der Waals surface area (Å²) in [6, 6.07) is 41.4. The maximum atomic E-state index is 18.1. The average molecular weight is 584 g/mol. The summed E-state index contributed by atoms with van der Waals surface area (Å²) in [7, 11) is 0. The lowest BCUT2D eigenvalue weighted by Crippen LogP contribution is -2.29. The molecule has 0 aliphatic heterocycles. The van der Waals surface area contributed by atoms with E-state index in [-0.39, 0.29) is 34.2 Å². The summed E-state index contributed by atoms with van der Waals surface area (Å²) in [6.07, 6.45) is -3.30. The normalized spacial score (nSPS) is 14.7. The standard InChI is InChI=1S/C37H30FN3O3/c38-37(31-22-10-19-28(39-31)34(42)25-13-4-1-5-14-25,32-23-11-20-29(40-32)35(43)26-15-6-2-7-16-26)33-24-12-21-30(41-33)36(44)27-17-8-3-9-18-27/h1-24,34-36,42-44H. The van der Waals surface area contributed by atoms with Gasteiger partial charge in [0.05, 0.1) is 34.2 Å². The summed E-state index contributed by atoms with van der Waals surface area (Å²) in [5.74, 6) is 0. The third-order valence-electron chi connectivity index (χ3n) is 7.56. The number of hydrogen-bond acceptors (Lipinski definition) is 6. The van der Waals surface area contributed by atoms with Crippen LogP contribution in [0.1, 0.15) is 69.2 Å². The highest BCUT2D eigenvalue weighted by Gasteiger charge is 2.42. The summed E-state index contributed by atoms with van der Waals surface area (Å²) in [6.45, 7) is 0. The molecule has 0 spiro atoms. The molecule has 0 saturated heterocycles. The first-order valence-corrected chi connectivity index (χ1v) is 14.3. The minimum atomic E-state index is -2.52. The Bertz CT molecular complexity index is 1620. The SMILES string of the molecule is OC(c1ccccc1)c1cccc(C(F)(c2cccc(C(O)c3ccccc3)n2)c2cccc(C(O)c3ccccc3)n2)n1. The lowest BCUT2D eigenvalue weighted by atomic mass is 9.90. The Balaban J connectivity index is 1.50. The van der Waals surface area contributed by atoms with Gasteiger partial charge in [0.25, 0.3) is 0 Å². The van der Waals surface area contributed by atoms with Crippen LogP contribution in [-0.2, 0) is 5.67 Å². The molecule has 0 fully saturated rings. The average Bonchev–Trinajstić information content (AvgIpc) is 3.11. The van der Waals surface area contributed by atoms with Crippen LogP contribution in [0.2, 0.25) is 0 Å². The lowest BCUT2D eigenvalue weighted by Gasteiger charge is -2.27. The van der Waals surface area contributed by atoms with Crippen LogP contribution in [0, 0.1) is 0 Å². The van der Waals surface area contributed by atoms with Crippen molar-refractivity contribution < 1.29 is 19.7 Å². The predicted molar refractivity (Wildman–Crippen MR) is 165 cm³/mol. The van der Waals surface area contributed by atoms with Crippen molar-refractivity contribution in [2.45, 2.75) is 24.0 Å². The number of rotatable bonds is 9. The zero-order chi connectivity index (χ0) is 30.5. The van der Waals surface area contributed by atoms with Crippen LogP contribution >= 0.6 is 0 Å². The third kappa shape index (κ3) is 5.76. The highest BCUT2D eigenvalue weighted by molar-refractivity contribution is 5.42. The number of hydrogen-bond donors (Lipinski definition) is 3. The number of nitrogens with zero attached hydrogens (tertiary/aromatic N) is 3. The third-order valence-corrected chi connectivity index (χ3v) is 7.56. The molecular formula is C37H30FN3O3. The number of benzene rings is 3. The van der Waals surface area contributed by atoms with E-state index in [0.717, 1.165) is 0 Å². The summed E-state index contributed by atoms with van der Waals surface area (Å²) < 4.78 is 18.1. The van der Waals surface area contributed by atoms with E-state index in [1.165, 1.54) is 18.2 Å². The van der Waals surface area contributed by atoms with E-state index in [0.29, 0.717) is 16.7 Å². The maximum Gasteiger partial charge on any atom is 0.236 e. The minimum absolute atomic E-state index is 0.0531. The lowest BCUT2D eigenvalue weighted by molar-refractivity contribution is 0.205. The maximum absolute atomic E-state index is 18.1. The van der Waals surface area contributed by atoms with Crippen molar-refractivity contribution >= 4 is 0 Å². The van der Waals surface area contributed by atoms with Crippen LogP contribution in [0.3, 0.4) is 0 Å². The van der Waals surface area contributed by atoms with E-state index in [4.69, 9.17) is 0 Å². The van der Waals surface area contributed by atoms with Gasteiger partial charge in [-0.05, 0) is 53.1 Å². The van der Waals surface area contributed by atoms with Crippen LogP contribution in [-0.4, -0.2) is 30.3 Å². The number of aliphatic hydroxyl groups is 3. The number of aliphatic hydroxyl groups excluding tert-OH is 3. The molecule has 3 unspecified atom stereocenters. The van der Waals surface area contributed by atoms with Gasteiger partial charge in [0, 0.05) is 0 Å². The molecule has 6 rings (SSSR count). The van der Waals surface area contributed by atoms with Crippen LogP contribution < -0.4 is 0 Å². The molecule has 3 heterocycles. The van der Waals surface area contributed by atoms with Gasteiger partial charge < -0.3 is 15.3 Å². The molecule has 3 atom stereocenters. The Morgan fingerprint density at radius 2 is 0.659 bits per heavy atom. The van der Waals surface area contributed by atoms with Crippen molar-refractivity contribution in [2.24, 2.45) is 0 Å². The summed E-state index contributed by atoms with van der Waals surface area (Å²) in [4.78, 5) is 13.8. The van der Waals surface area contributed by atoms with E-state index in [1.54, 1.807) is 72.8 Å². The van der Waals surface area contributed by atoms with Crippen LogP contribution in [0.15, 0.2) is 146 Å². The van der Waals surface area contributed by atoms with Crippen LogP contribution in [0.5, 0.6) is 0 Å². The number of halogens is 1. The second-order valence-corrected chi connectivity index (χ2v) is 10.4. The van der Waals surface area contributed by atoms with Crippen molar-refractivity contribution in [2.75, 3.05) is 0 Å². The fourth-order valence-corrected chi connectivity index (χ4v) is 5.20. The molecule has 0 amide bonds. The van der Waals surface area contributed by atoms with E-state index < -0.39 is 24.0 Å². The smallest absolute Gasteiger partial charge is 0.236 e. The second-order valence-electron chi connectivity index (χ2n) is 10.4. The van der Waals surface area contributed by atoms with Crippen molar-refractivity contribution in [1.29, 1.82) is 0 Å². The van der Waals surface area contributed by atoms with E-state index in [2.05, 4.69) is 15.0 Å². The molecule has 3 aromatic heterocycles. The second kappa shape index (κ2) is 12.7. The zero-order valence-electron chi connectivity index (χ0n) is 23.6. The Morgan fingerprint density at radius 3 is 0.932 bits per heavy atom. The molecule has 3 aromatic carbocycles. The van der Waals surface area contributed by atoms with Crippen LogP contribution in [0.4, 0.5) is 4.39 Å². The molecule has 0 aliphatic carbocycles. The van der Waals surface area contributed by atoms with Gasteiger partial charge in [-0.3, -0.25) is 15.0 Å². The molecule has 7 heteroatoms. The Morgan fingerprint density at radius 1 is 0.386 bits per heavy atom. The largest absolute Gasteiger partial charge is 0.382 e. The van der Waals surface area contributed by atoms with E-state index in [9.17, 15) is 15.3 Å². The van der Waals surface area contributed by atoms with Crippen LogP contribution in [0.25, 0.3) is 0 Å². The molecule has 44 heavy (non-hydrogen) atoms. The molecule has 3 N–H and O–H groups in total. The Kier molecular flexibility index (Phi) is 8.34. The number of aromatic nitrogens is 3. The van der Waals surface area contributed by atoms with Crippen molar-refractivity contribution in [3.63, 3.8) is 0 Å². The molecule has 218 valence electrons. The summed E-state index contributed by atoms with van der Waals surface area (Å²) in [5.41, 5.74) is -0.111. The first kappa shape index (κ1) is 29.0. The quantitative estimate of drug-likeness (QED) is 0.183. The highest BCUT2D eigenvalue weighted by Crippen LogP contribution is 2.40. The summed E-state index contributed by atoms with van der Waals surface area (Å²) >= 11 is 0. The highest BCUT2D eigenvalue weighted by atomic mass is 19.1. The van der Waals surface area contributed by atoms with E-state index >= 15 is 4.39 Å². The first-order valence-electron chi connectivity index (χ1n) is 14.3. The van der Waals surface area contributed by atoms with Crippen molar-refractivity contribution in [3.8, 4) is 0 Å². The molecule has 0 aliphatic rings. The predicted octanol–water partition coefficient (Wildman–Crippen LogP) is 6.38. The van der Waals surface area contributed by atoms with Crippen molar-refractivity contribution in [3.05, 3.63) is 196 Å². The topological polar surface area (TPSA) is 99.4 Å². The molecule has 0 bridgehead atoms. The number of pyridine rings is 3. The van der Waals surface area contributed by atoms with Gasteiger partial charge in [0.15, 0.2) is 0 Å². The molecule has 0 radical (unpaired) electrons. The fraction of sp³-hybridized carbons (Fsp3) is 0.108. The van der Waals surface area contributed by atoms with Gasteiger partial charge in [-0.15, -0.1) is 0 Å². The van der Waals surface area contributed by atoms with Gasteiger partial charge in [0.2, 0.25) is 5.67 Å². The molecule has 6 nitrogen and oxygen atoms in total.